The van der Waals surface area contributed by atoms with E-state index in [1.807, 2.05) is 23.0 Å². The van der Waals surface area contributed by atoms with Crippen LogP contribution < -0.4 is 10.6 Å². The summed E-state index contributed by atoms with van der Waals surface area (Å²) in [7, 11) is 1.80. The van der Waals surface area contributed by atoms with Crippen molar-refractivity contribution in [2.45, 2.75) is 32.4 Å². The molecule has 1 aromatic heterocycles. The fourth-order valence-corrected chi connectivity index (χ4v) is 3.12. The molecule has 0 amide bonds. The fourth-order valence-electron chi connectivity index (χ4n) is 3.12. The van der Waals surface area contributed by atoms with Crippen LogP contribution in [0.2, 0.25) is 0 Å². The van der Waals surface area contributed by atoms with Gasteiger partial charge in [0.25, 0.3) is 0 Å². The monoisotopic (exact) mass is 503 g/mol. The van der Waals surface area contributed by atoms with Gasteiger partial charge in [-0.25, -0.2) is 0 Å². The van der Waals surface area contributed by atoms with Crippen molar-refractivity contribution in [2.75, 3.05) is 13.6 Å². The summed E-state index contributed by atoms with van der Waals surface area (Å²) in [5.41, 5.74) is 3.78. The third-order valence-corrected chi connectivity index (χ3v) is 4.83. The lowest BCUT2D eigenvalue weighted by Gasteiger charge is -2.26. The molecular weight excluding hydrogens is 473 g/mol. The van der Waals surface area contributed by atoms with E-state index in [0.29, 0.717) is 0 Å². The standard InChI is InChI=1S/C23H29N5.HI/c1-23(2,21-11-5-4-6-12-21)18-26-22(24-3)25-16-19-9-7-10-20(15-19)17-28-14-8-13-27-28;/h4-15H,16-18H2,1-3H3,(H2,24,25,26);1H. The molecule has 29 heavy (non-hydrogen) atoms. The summed E-state index contributed by atoms with van der Waals surface area (Å²) in [6.07, 6.45) is 3.78. The van der Waals surface area contributed by atoms with Crippen LogP contribution in [0, 0.1) is 0 Å². The molecule has 0 aliphatic rings. The van der Waals surface area contributed by atoms with Crippen LogP contribution in [0.4, 0.5) is 0 Å². The molecule has 0 atom stereocenters. The highest BCUT2D eigenvalue weighted by atomic mass is 127. The number of nitrogens with one attached hydrogen (secondary N) is 2. The Labute approximate surface area is 190 Å². The zero-order valence-electron chi connectivity index (χ0n) is 17.3. The van der Waals surface area contributed by atoms with Crippen LogP contribution >= 0.6 is 24.0 Å². The third kappa shape index (κ3) is 6.88. The predicted octanol–water partition coefficient (Wildman–Crippen LogP) is 4.19. The van der Waals surface area contributed by atoms with Crippen molar-refractivity contribution >= 4 is 29.9 Å². The maximum absolute atomic E-state index is 4.36. The topological polar surface area (TPSA) is 54.2 Å². The van der Waals surface area contributed by atoms with Crippen LogP contribution in [-0.4, -0.2) is 29.3 Å². The Bertz CT molecular complexity index is 889. The smallest absolute Gasteiger partial charge is 0.191 e. The van der Waals surface area contributed by atoms with Gasteiger partial charge in [0.15, 0.2) is 5.96 Å². The molecule has 0 bridgehead atoms. The van der Waals surface area contributed by atoms with E-state index in [9.17, 15) is 0 Å². The number of aliphatic imine (C=N–C) groups is 1. The van der Waals surface area contributed by atoms with E-state index in [1.54, 1.807) is 13.2 Å². The van der Waals surface area contributed by atoms with Gasteiger partial charge in [-0.1, -0.05) is 68.4 Å². The maximum Gasteiger partial charge on any atom is 0.191 e. The zero-order chi connectivity index (χ0) is 19.8. The molecule has 0 unspecified atom stereocenters. The third-order valence-electron chi connectivity index (χ3n) is 4.83. The second-order valence-electron chi connectivity index (χ2n) is 7.55. The van der Waals surface area contributed by atoms with E-state index < -0.39 is 0 Å². The molecule has 3 aromatic rings. The van der Waals surface area contributed by atoms with E-state index in [-0.39, 0.29) is 29.4 Å². The van der Waals surface area contributed by atoms with Gasteiger partial charge in [-0.15, -0.1) is 24.0 Å². The van der Waals surface area contributed by atoms with Gasteiger partial charge < -0.3 is 10.6 Å². The molecule has 0 aliphatic carbocycles. The lowest BCUT2D eigenvalue weighted by atomic mass is 9.85. The Morgan fingerprint density at radius 1 is 1.00 bits per heavy atom. The predicted molar refractivity (Wildman–Crippen MR) is 131 cm³/mol. The molecule has 0 fully saturated rings. The van der Waals surface area contributed by atoms with Crippen molar-refractivity contribution in [3.05, 3.63) is 89.7 Å². The Kier molecular flexibility index (Phi) is 8.70. The van der Waals surface area contributed by atoms with E-state index >= 15 is 0 Å². The van der Waals surface area contributed by atoms with Gasteiger partial charge in [0.2, 0.25) is 0 Å². The molecule has 0 saturated carbocycles. The Balaban J connectivity index is 0.00000300. The van der Waals surface area contributed by atoms with Gasteiger partial charge in [-0.3, -0.25) is 9.67 Å². The molecule has 6 heteroatoms. The highest BCUT2D eigenvalue weighted by molar-refractivity contribution is 14.0. The number of rotatable bonds is 7. The number of hydrogen-bond donors (Lipinski definition) is 2. The van der Waals surface area contributed by atoms with Gasteiger partial charge in [0.1, 0.15) is 0 Å². The largest absolute Gasteiger partial charge is 0.356 e. The Morgan fingerprint density at radius 3 is 2.45 bits per heavy atom. The summed E-state index contributed by atoms with van der Waals surface area (Å²) in [6.45, 7) is 6.77. The van der Waals surface area contributed by atoms with E-state index in [1.165, 1.54) is 16.7 Å². The Hall–Kier alpha value is -2.35. The molecule has 5 nitrogen and oxygen atoms in total. The lowest BCUT2D eigenvalue weighted by molar-refractivity contribution is 0.508. The van der Waals surface area contributed by atoms with Crippen LogP contribution in [0.5, 0.6) is 0 Å². The average molecular weight is 503 g/mol. The van der Waals surface area contributed by atoms with Crippen LogP contribution in [0.15, 0.2) is 78.0 Å². The minimum Gasteiger partial charge on any atom is -0.356 e. The molecular formula is C23H30IN5. The number of halogens is 1. The van der Waals surface area contributed by atoms with Gasteiger partial charge in [0.05, 0.1) is 6.54 Å². The normalized spacial score (nSPS) is 11.6. The lowest BCUT2D eigenvalue weighted by Crippen LogP contribution is -2.43. The van der Waals surface area contributed by atoms with Crippen LogP contribution in [-0.2, 0) is 18.5 Å². The molecule has 0 radical (unpaired) electrons. The molecule has 0 aliphatic heterocycles. The number of nitrogens with zero attached hydrogens (tertiary/aromatic N) is 3. The van der Waals surface area contributed by atoms with Crippen molar-refractivity contribution in [1.29, 1.82) is 0 Å². The first kappa shape index (κ1) is 22.9. The number of hydrogen-bond acceptors (Lipinski definition) is 2. The first-order chi connectivity index (χ1) is 13.6. The zero-order valence-corrected chi connectivity index (χ0v) is 19.6. The van der Waals surface area contributed by atoms with Crippen molar-refractivity contribution in [3.8, 4) is 0 Å². The van der Waals surface area contributed by atoms with Gasteiger partial charge in [0, 0.05) is 37.9 Å². The molecule has 1 heterocycles. The summed E-state index contributed by atoms with van der Waals surface area (Å²) in [5, 5.41) is 11.1. The first-order valence-corrected chi connectivity index (χ1v) is 9.62. The fraction of sp³-hybridized carbons (Fsp3) is 0.304. The van der Waals surface area contributed by atoms with Gasteiger partial charge in [-0.05, 0) is 22.8 Å². The summed E-state index contributed by atoms with van der Waals surface area (Å²) >= 11 is 0. The summed E-state index contributed by atoms with van der Waals surface area (Å²) in [5.74, 6) is 0.807. The van der Waals surface area contributed by atoms with E-state index in [2.05, 4.69) is 83.1 Å². The number of guanidine groups is 1. The van der Waals surface area contributed by atoms with Crippen LogP contribution in [0.3, 0.4) is 0 Å². The summed E-state index contributed by atoms with van der Waals surface area (Å²) in [4.78, 5) is 4.36. The maximum atomic E-state index is 4.36. The van der Waals surface area contributed by atoms with Crippen molar-refractivity contribution in [1.82, 2.24) is 20.4 Å². The number of benzene rings is 2. The highest BCUT2D eigenvalue weighted by Crippen LogP contribution is 2.21. The molecule has 2 aromatic carbocycles. The highest BCUT2D eigenvalue weighted by Gasteiger charge is 2.20. The molecule has 154 valence electrons. The molecule has 0 spiro atoms. The molecule has 0 saturated heterocycles. The minimum absolute atomic E-state index is 0. The van der Waals surface area contributed by atoms with Crippen molar-refractivity contribution < 1.29 is 0 Å². The minimum atomic E-state index is 0. The quantitative estimate of drug-likeness (QED) is 0.289. The van der Waals surface area contributed by atoms with Crippen LogP contribution in [0.1, 0.15) is 30.5 Å². The first-order valence-electron chi connectivity index (χ1n) is 9.62. The average Bonchev–Trinajstić information content (AvgIpc) is 3.22. The van der Waals surface area contributed by atoms with Gasteiger partial charge >= 0.3 is 0 Å². The van der Waals surface area contributed by atoms with E-state index in [0.717, 1.165) is 25.6 Å². The molecule has 2 N–H and O–H groups in total. The molecule has 3 rings (SSSR count). The second kappa shape index (κ2) is 11.0. The number of aromatic nitrogens is 2. The van der Waals surface area contributed by atoms with Gasteiger partial charge in [-0.2, -0.15) is 5.10 Å². The second-order valence-corrected chi connectivity index (χ2v) is 7.55. The van der Waals surface area contributed by atoms with Crippen LogP contribution in [0.25, 0.3) is 0 Å². The van der Waals surface area contributed by atoms with Crippen molar-refractivity contribution in [2.24, 2.45) is 4.99 Å². The van der Waals surface area contributed by atoms with Crippen molar-refractivity contribution in [3.63, 3.8) is 0 Å². The Morgan fingerprint density at radius 2 is 1.76 bits per heavy atom. The summed E-state index contributed by atoms with van der Waals surface area (Å²) in [6, 6.07) is 21.0. The summed E-state index contributed by atoms with van der Waals surface area (Å²) < 4.78 is 1.93. The SMILES string of the molecule is CN=C(NCc1cccc(Cn2cccn2)c1)NCC(C)(C)c1ccccc1.I. The van der Waals surface area contributed by atoms with E-state index in [4.69, 9.17) is 0 Å².